The van der Waals surface area contributed by atoms with Crippen molar-refractivity contribution in [2.75, 3.05) is 12.4 Å². The molecule has 5 nitrogen and oxygen atoms in total. The quantitative estimate of drug-likeness (QED) is 0.853. The normalized spacial score (nSPS) is 10.5. The first-order valence-electron chi connectivity index (χ1n) is 4.88. The summed E-state index contributed by atoms with van der Waals surface area (Å²) in [6.07, 6.45) is 0. The van der Waals surface area contributed by atoms with Gasteiger partial charge in [-0.3, -0.25) is 0 Å². The Labute approximate surface area is 95.9 Å². The van der Waals surface area contributed by atoms with Gasteiger partial charge in [0.1, 0.15) is 0 Å². The second-order valence-electron chi connectivity index (χ2n) is 3.26. The van der Waals surface area contributed by atoms with Gasteiger partial charge in [-0.15, -0.1) is 5.10 Å². The van der Waals surface area contributed by atoms with Gasteiger partial charge in [0, 0.05) is 0 Å². The molecule has 0 aliphatic rings. The molecule has 0 aliphatic carbocycles. The summed E-state index contributed by atoms with van der Waals surface area (Å²) in [5.74, 6) is -1.57. The highest BCUT2D eigenvalue weighted by molar-refractivity contribution is 5.52. The number of rotatable bonds is 4. The topological polar surface area (TPSA) is 63.0 Å². The molecular formula is C10H10F2N4O. The molecule has 0 amide bonds. The number of nitrogens with zero attached hydrogens (tertiary/aromatic N) is 2. The molecule has 7 heteroatoms. The monoisotopic (exact) mass is 240 g/mol. The van der Waals surface area contributed by atoms with Crippen molar-refractivity contribution < 1.29 is 13.2 Å². The molecule has 0 saturated carbocycles. The third-order valence-electron chi connectivity index (χ3n) is 1.99. The smallest absolute Gasteiger partial charge is 0.320 e. The van der Waals surface area contributed by atoms with Crippen LogP contribution in [0.3, 0.4) is 0 Å². The van der Waals surface area contributed by atoms with Gasteiger partial charge < -0.3 is 15.1 Å². The van der Waals surface area contributed by atoms with Crippen LogP contribution < -0.4 is 10.6 Å². The van der Waals surface area contributed by atoms with Crippen molar-refractivity contribution >= 4 is 11.7 Å². The Morgan fingerprint density at radius 3 is 2.88 bits per heavy atom. The summed E-state index contributed by atoms with van der Waals surface area (Å²) in [4.78, 5) is 0. The Bertz CT molecular complexity index is 515. The van der Waals surface area contributed by atoms with E-state index in [0.29, 0.717) is 12.4 Å². The van der Waals surface area contributed by atoms with Crippen molar-refractivity contribution in [2.45, 2.75) is 6.54 Å². The highest BCUT2D eigenvalue weighted by atomic mass is 19.2. The zero-order chi connectivity index (χ0) is 12.3. The molecule has 0 radical (unpaired) electrons. The van der Waals surface area contributed by atoms with Crippen molar-refractivity contribution in [3.05, 3.63) is 35.7 Å². The molecule has 0 saturated heterocycles. The standard InChI is InChI=1S/C10H10F2N4O/c1-13-5-8-15-16-10(17-8)14-7-4-2-3-6(11)9(7)12/h2-4,13H,5H2,1H3,(H,14,16). The lowest BCUT2D eigenvalue weighted by atomic mass is 10.3. The van der Waals surface area contributed by atoms with Crippen molar-refractivity contribution in [3.63, 3.8) is 0 Å². The number of anilines is 2. The molecule has 2 aromatic rings. The lowest BCUT2D eigenvalue weighted by Gasteiger charge is -2.02. The molecule has 0 atom stereocenters. The number of hydrogen-bond acceptors (Lipinski definition) is 5. The molecule has 1 aromatic heterocycles. The van der Waals surface area contributed by atoms with Gasteiger partial charge in [0.25, 0.3) is 0 Å². The number of nitrogens with one attached hydrogen (secondary N) is 2. The number of halogens is 2. The third-order valence-corrected chi connectivity index (χ3v) is 1.99. The molecule has 1 heterocycles. The summed E-state index contributed by atoms with van der Waals surface area (Å²) in [7, 11) is 1.73. The summed E-state index contributed by atoms with van der Waals surface area (Å²) >= 11 is 0. The number of benzene rings is 1. The minimum absolute atomic E-state index is 0.0137. The van der Waals surface area contributed by atoms with E-state index in [4.69, 9.17) is 4.42 Å². The summed E-state index contributed by atoms with van der Waals surface area (Å²) in [5, 5.41) is 12.7. The van der Waals surface area contributed by atoms with E-state index in [1.165, 1.54) is 12.1 Å². The first-order chi connectivity index (χ1) is 8.20. The fourth-order valence-electron chi connectivity index (χ4n) is 1.24. The predicted octanol–water partition coefficient (Wildman–Crippen LogP) is 1.81. The van der Waals surface area contributed by atoms with Gasteiger partial charge in [-0.2, -0.15) is 0 Å². The van der Waals surface area contributed by atoms with Gasteiger partial charge in [-0.1, -0.05) is 11.2 Å². The second-order valence-corrected chi connectivity index (χ2v) is 3.26. The molecule has 0 aliphatic heterocycles. The Morgan fingerprint density at radius 1 is 1.29 bits per heavy atom. The van der Waals surface area contributed by atoms with Crippen LogP contribution >= 0.6 is 0 Å². The Kier molecular flexibility index (Phi) is 3.29. The highest BCUT2D eigenvalue weighted by Crippen LogP contribution is 2.20. The van der Waals surface area contributed by atoms with Gasteiger partial charge in [0.05, 0.1) is 12.2 Å². The van der Waals surface area contributed by atoms with Crippen LogP contribution in [0.1, 0.15) is 5.89 Å². The molecule has 0 bridgehead atoms. The van der Waals surface area contributed by atoms with Crippen LogP contribution in [0.15, 0.2) is 22.6 Å². The number of hydrogen-bond donors (Lipinski definition) is 2. The first kappa shape index (κ1) is 11.5. The van der Waals surface area contributed by atoms with Gasteiger partial charge in [-0.05, 0) is 19.2 Å². The maximum atomic E-state index is 13.3. The maximum Gasteiger partial charge on any atom is 0.320 e. The summed E-state index contributed by atoms with van der Waals surface area (Å²) < 4.78 is 31.4. The van der Waals surface area contributed by atoms with Gasteiger partial charge >= 0.3 is 6.01 Å². The van der Waals surface area contributed by atoms with Crippen molar-refractivity contribution in [2.24, 2.45) is 0 Å². The van der Waals surface area contributed by atoms with Crippen molar-refractivity contribution in [1.29, 1.82) is 0 Å². The van der Waals surface area contributed by atoms with E-state index in [0.717, 1.165) is 6.07 Å². The number of aromatic nitrogens is 2. The first-order valence-corrected chi connectivity index (χ1v) is 4.88. The predicted molar refractivity (Wildman–Crippen MR) is 56.7 cm³/mol. The SMILES string of the molecule is CNCc1nnc(Nc2cccc(F)c2F)o1. The summed E-state index contributed by atoms with van der Waals surface area (Å²) in [5.41, 5.74) is -0.0512. The minimum Gasteiger partial charge on any atom is -0.406 e. The van der Waals surface area contributed by atoms with Crippen molar-refractivity contribution in [3.8, 4) is 0 Å². The van der Waals surface area contributed by atoms with Crippen LogP contribution in [0.25, 0.3) is 0 Å². The molecule has 0 spiro atoms. The van der Waals surface area contributed by atoms with Crippen LogP contribution in [-0.2, 0) is 6.54 Å². The molecule has 2 rings (SSSR count). The van der Waals surface area contributed by atoms with Crippen LogP contribution in [0.2, 0.25) is 0 Å². The fraction of sp³-hybridized carbons (Fsp3) is 0.200. The van der Waals surface area contributed by atoms with E-state index in [2.05, 4.69) is 20.8 Å². The van der Waals surface area contributed by atoms with E-state index in [9.17, 15) is 8.78 Å². The van der Waals surface area contributed by atoms with E-state index in [1.807, 2.05) is 0 Å². The Balaban J connectivity index is 2.16. The molecule has 2 N–H and O–H groups in total. The zero-order valence-corrected chi connectivity index (χ0v) is 9.00. The summed E-state index contributed by atoms with van der Waals surface area (Å²) in [6.45, 7) is 0.403. The average molecular weight is 240 g/mol. The van der Waals surface area contributed by atoms with Crippen molar-refractivity contribution in [1.82, 2.24) is 15.5 Å². The lowest BCUT2D eigenvalue weighted by molar-refractivity contribution is 0.489. The van der Waals surface area contributed by atoms with Crippen LogP contribution in [0.4, 0.5) is 20.5 Å². The third kappa shape index (κ3) is 2.56. The zero-order valence-electron chi connectivity index (χ0n) is 9.00. The van der Waals surface area contributed by atoms with E-state index >= 15 is 0 Å². The van der Waals surface area contributed by atoms with Crippen LogP contribution in [0, 0.1) is 11.6 Å². The largest absolute Gasteiger partial charge is 0.406 e. The molecular weight excluding hydrogens is 230 g/mol. The lowest BCUT2D eigenvalue weighted by Crippen LogP contribution is -2.04. The van der Waals surface area contributed by atoms with Gasteiger partial charge in [0.2, 0.25) is 5.89 Å². The molecule has 90 valence electrons. The highest BCUT2D eigenvalue weighted by Gasteiger charge is 2.11. The van der Waals surface area contributed by atoms with Gasteiger partial charge in [0.15, 0.2) is 11.6 Å². The molecule has 1 aromatic carbocycles. The van der Waals surface area contributed by atoms with E-state index in [1.54, 1.807) is 7.05 Å². The van der Waals surface area contributed by atoms with E-state index < -0.39 is 11.6 Å². The van der Waals surface area contributed by atoms with Crippen LogP contribution in [0.5, 0.6) is 0 Å². The molecule has 0 fully saturated rings. The van der Waals surface area contributed by atoms with Crippen LogP contribution in [-0.4, -0.2) is 17.2 Å². The maximum absolute atomic E-state index is 13.3. The summed E-state index contributed by atoms with van der Waals surface area (Å²) in [6, 6.07) is 3.80. The Hall–Kier alpha value is -2.02. The minimum atomic E-state index is -0.985. The second kappa shape index (κ2) is 4.88. The van der Waals surface area contributed by atoms with Gasteiger partial charge in [-0.25, -0.2) is 8.78 Å². The molecule has 17 heavy (non-hydrogen) atoms. The molecule has 0 unspecified atom stereocenters. The Morgan fingerprint density at radius 2 is 2.12 bits per heavy atom. The fourth-order valence-corrected chi connectivity index (χ4v) is 1.24. The average Bonchev–Trinajstić information content (AvgIpc) is 2.73. The van der Waals surface area contributed by atoms with E-state index in [-0.39, 0.29) is 11.7 Å².